The molecule has 1 amide bonds. The molecule has 0 spiro atoms. The molecule has 0 bridgehead atoms. The number of benzene rings is 2. The number of hydrogen-bond donors (Lipinski definition) is 3. The number of rotatable bonds is 6. The van der Waals surface area contributed by atoms with Gasteiger partial charge in [-0.05, 0) is 41.2 Å². The number of carboxylic acids is 1. The number of thioether (sulfide) groups is 1. The molecule has 1 saturated heterocycles. The molecule has 2 aliphatic rings. The molecule has 150 valence electrons. The monoisotopic (exact) mass is 410 g/mol. The number of ether oxygens (including phenoxy) is 1. The highest BCUT2D eigenvalue weighted by Crippen LogP contribution is 2.42. The van der Waals surface area contributed by atoms with Crippen molar-refractivity contribution in [2.75, 3.05) is 6.61 Å². The van der Waals surface area contributed by atoms with Gasteiger partial charge in [0.2, 0.25) is 5.91 Å². The second kappa shape index (κ2) is 8.31. The number of aryl methyl sites for hydroxylation is 1. The Morgan fingerprint density at radius 2 is 1.86 bits per heavy atom. The first kappa shape index (κ1) is 19.5. The third-order valence-corrected chi connectivity index (χ3v) is 6.15. The summed E-state index contributed by atoms with van der Waals surface area (Å²) in [6.45, 7) is 1.69. The first-order valence-corrected chi connectivity index (χ1v) is 10.4. The number of nitrogens with one attached hydrogen (secondary N) is 2. The molecule has 4 rings (SSSR count). The van der Waals surface area contributed by atoms with Crippen LogP contribution in [-0.4, -0.2) is 35.1 Å². The number of fused-ring (bicyclic) bond motifs is 1. The van der Waals surface area contributed by atoms with Gasteiger partial charge < -0.3 is 15.2 Å². The minimum Gasteiger partial charge on any atom is -0.482 e. The van der Waals surface area contributed by atoms with Crippen molar-refractivity contribution >= 4 is 29.2 Å². The molecule has 0 aliphatic carbocycles. The van der Waals surface area contributed by atoms with Crippen LogP contribution in [0.25, 0.3) is 5.57 Å². The molecular formula is C22H22N2O4S. The van der Waals surface area contributed by atoms with Crippen molar-refractivity contribution < 1.29 is 19.4 Å². The Labute approximate surface area is 173 Å². The molecule has 0 radical (unpaired) electrons. The second-order valence-electron chi connectivity index (χ2n) is 7.23. The summed E-state index contributed by atoms with van der Waals surface area (Å²) in [4.78, 5) is 23.4. The van der Waals surface area contributed by atoms with Crippen molar-refractivity contribution in [3.63, 3.8) is 0 Å². The average Bonchev–Trinajstić information content (AvgIpc) is 3.12. The topological polar surface area (TPSA) is 87.7 Å². The van der Waals surface area contributed by atoms with E-state index in [1.165, 1.54) is 5.56 Å². The molecule has 2 aliphatic heterocycles. The van der Waals surface area contributed by atoms with E-state index in [0.29, 0.717) is 12.2 Å². The molecule has 29 heavy (non-hydrogen) atoms. The molecule has 3 N–H and O–H groups in total. The van der Waals surface area contributed by atoms with Crippen LogP contribution in [0.15, 0.2) is 53.9 Å². The summed E-state index contributed by atoms with van der Waals surface area (Å²) in [5.74, 6) is -0.664. The fraction of sp³-hybridized carbons (Fsp3) is 0.273. The largest absolute Gasteiger partial charge is 0.482 e. The van der Waals surface area contributed by atoms with Crippen molar-refractivity contribution in [2.45, 2.75) is 24.9 Å². The van der Waals surface area contributed by atoms with Gasteiger partial charge in [0.25, 0.3) is 0 Å². The van der Waals surface area contributed by atoms with Gasteiger partial charge >= 0.3 is 5.97 Å². The number of carbonyl (C=O) groups is 2. The highest BCUT2D eigenvalue weighted by molar-refractivity contribution is 8.03. The van der Waals surface area contributed by atoms with Crippen LogP contribution in [0.4, 0.5) is 0 Å². The predicted molar refractivity (Wildman–Crippen MR) is 112 cm³/mol. The Morgan fingerprint density at radius 3 is 2.55 bits per heavy atom. The maximum absolute atomic E-state index is 12.8. The van der Waals surface area contributed by atoms with Crippen molar-refractivity contribution in [3.05, 3.63) is 70.6 Å². The Balaban J connectivity index is 1.38. The predicted octanol–water partition coefficient (Wildman–Crippen LogP) is 2.78. The van der Waals surface area contributed by atoms with Gasteiger partial charge in [-0.25, -0.2) is 4.79 Å². The van der Waals surface area contributed by atoms with E-state index < -0.39 is 5.97 Å². The molecule has 0 aromatic heterocycles. The number of carbonyl (C=O) groups excluding carboxylic acids is 1. The molecule has 7 heteroatoms. The van der Waals surface area contributed by atoms with E-state index in [1.807, 2.05) is 12.1 Å². The van der Waals surface area contributed by atoms with Gasteiger partial charge in [-0.2, -0.15) is 0 Å². The molecule has 2 heterocycles. The van der Waals surface area contributed by atoms with E-state index in [-0.39, 0.29) is 30.0 Å². The summed E-state index contributed by atoms with van der Waals surface area (Å²) >= 11 is 1.65. The molecule has 0 saturated carbocycles. The Bertz CT molecular complexity index is 940. The summed E-state index contributed by atoms with van der Waals surface area (Å²) in [5.41, 5.74) is 4.37. The van der Waals surface area contributed by atoms with Crippen LogP contribution < -0.4 is 15.4 Å². The summed E-state index contributed by atoms with van der Waals surface area (Å²) in [6, 6.07) is 15.5. The minimum atomic E-state index is -1.01. The minimum absolute atomic E-state index is 0.0169. The highest BCUT2D eigenvalue weighted by Gasteiger charge is 2.42. The van der Waals surface area contributed by atoms with Crippen LogP contribution in [0.1, 0.15) is 16.7 Å². The van der Waals surface area contributed by atoms with Gasteiger partial charge in [0.15, 0.2) is 6.61 Å². The summed E-state index contributed by atoms with van der Waals surface area (Å²) < 4.78 is 5.15. The van der Waals surface area contributed by atoms with Crippen molar-refractivity contribution in [1.82, 2.24) is 10.6 Å². The summed E-state index contributed by atoms with van der Waals surface area (Å²) in [5, 5.41) is 17.4. The maximum Gasteiger partial charge on any atom is 0.341 e. The smallest absolute Gasteiger partial charge is 0.341 e. The van der Waals surface area contributed by atoms with Gasteiger partial charge in [0.05, 0.1) is 17.5 Å². The zero-order chi connectivity index (χ0) is 20.4. The van der Waals surface area contributed by atoms with E-state index in [2.05, 4.69) is 47.2 Å². The Hall–Kier alpha value is -2.77. The van der Waals surface area contributed by atoms with Crippen LogP contribution >= 0.6 is 11.8 Å². The zero-order valence-electron chi connectivity index (χ0n) is 15.9. The highest BCUT2D eigenvalue weighted by atomic mass is 32.2. The lowest BCUT2D eigenvalue weighted by Gasteiger charge is -2.34. The van der Waals surface area contributed by atoms with Crippen molar-refractivity contribution in [1.29, 1.82) is 0 Å². The number of aliphatic carboxylic acids is 1. The van der Waals surface area contributed by atoms with E-state index >= 15 is 0 Å². The molecule has 3 unspecified atom stereocenters. The lowest BCUT2D eigenvalue weighted by molar-refractivity contribution is -0.139. The molecule has 2 aromatic carbocycles. The summed E-state index contributed by atoms with van der Waals surface area (Å²) in [7, 11) is 0. The van der Waals surface area contributed by atoms with Crippen LogP contribution in [0.5, 0.6) is 5.75 Å². The van der Waals surface area contributed by atoms with Crippen LogP contribution in [0.3, 0.4) is 0 Å². The van der Waals surface area contributed by atoms with Gasteiger partial charge in [-0.1, -0.05) is 42.0 Å². The molecule has 1 fully saturated rings. The zero-order valence-corrected chi connectivity index (χ0v) is 16.7. The molecule has 2 aromatic rings. The number of hydrogen-bond acceptors (Lipinski definition) is 5. The Kier molecular flexibility index (Phi) is 5.60. The fourth-order valence-corrected chi connectivity index (χ4v) is 4.83. The van der Waals surface area contributed by atoms with Crippen LogP contribution in [0, 0.1) is 12.8 Å². The van der Waals surface area contributed by atoms with E-state index in [0.717, 1.165) is 16.7 Å². The fourth-order valence-electron chi connectivity index (χ4n) is 3.58. The van der Waals surface area contributed by atoms with Crippen LogP contribution in [0.2, 0.25) is 0 Å². The molecular weight excluding hydrogens is 388 g/mol. The first-order valence-electron chi connectivity index (χ1n) is 9.42. The SMILES string of the molecule is Cc1ccc(C2=CSC3NC(Cc4ccc(OCC(=O)O)cc4)NC(=O)C23)cc1. The quantitative estimate of drug-likeness (QED) is 0.679. The van der Waals surface area contributed by atoms with Gasteiger partial charge in [-0.3, -0.25) is 10.1 Å². The van der Waals surface area contributed by atoms with E-state index in [1.54, 1.807) is 23.9 Å². The standard InChI is InChI=1S/C22H22N2O4S/c1-13-2-6-15(7-3-13)17-12-29-22-20(17)21(27)23-18(24-22)10-14-4-8-16(9-5-14)28-11-19(25)26/h2-9,12,18,20,22,24H,10-11H2,1H3,(H,23,27)(H,25,26). The second-order valence-corrected chi connectivity index (χ2v) is 8.25. The molecule has 3 atom stereocenters. The normalized spacial score (nSPS) is 23.1. The maximum atomic E-state index is 12.8. The molecule has 6 nitrogen and oxygen atoms in total. The van der Waals surface area contributed by atoms with Crippen LogP contribution in [-0.2, 0) is 16.0 Å². The van der Waals surface area contributed by atoms with Crippen molar-refractivity contribution in [3.8, 4) is 5.75 Å². The van der Waals surface area contributed by atoms with E-state index in [9.17, 15) is 9.59 Å². The third-order valence-electron chi connectivity index (χ3n) is 5.05. The lowest BCUT2D eigenvalue weighted by atomic mass is 9.90. The number of amides is 1. The lowest BCUT2D eigenvalue weighted by Crippen LogP contribution is -2.60. The summed E-state index contributed by atoms with van der Waals surface area (Å²) in [6.07, 6.45) is 0.474. The first-order chi connectivity index (χ1) is 14.0. The van der Waals surface area contributed by atoms with Crippen molar-refractivity contribution in [2.24, 2.45) is 5.92 Å². The Morgan fingerprint density at radius 1 is 1.14 bits per heavy atom. The van der Waals surface area contributed by atoms with Gasteiger partial charge in [-0.15, -0.1) is 11.8 Å². The van der Waals surface area contributed by atoms with Gasteiger partial charge in [0.1, 0.15) is 5.75 Å². The average molecular weight is 410 g/mol. The van der Waals surface area contributed by atoms with Gasteiger partial charge in [0, 0.05) is 6.42 Å². The van der Waals surface area contributed by atoms with E-state index in [4.69, 9.17) is 9.84 Å². The number of carboxylic acid groups (broad SMARTS) is 1. The third kappa shape index (κ3) is 4.46.